The molecule has 1 aliphatic rings. The predicted molar refractivity (Wildman–Crippen MR) is 76.7 cm³/mol. The van der Waals surface area contributed by atoms with Gasteiger partial charge in [0.2, 0.25) is 0 Å². The van der Waals surface area contributed by atoms with Crippen LogP contribution >= 0.6 is 7.60 Å². The van der Waals surface area contributed by atoms with Gasteiger partial charge in [0.25, 0.3) is 0 Å². The lowest BCUT2D eigenvalue weighted by Crippen LogP contribution is -2.41. The lowest BCUT2D eigenvalue weighted by molar-refractivity contribution is -0.0482. The van der Waals surface area contributed by atoms with Crippen LogP contribution in [0.2, 0.25) is 0 Å². The fourth-order valence-corrected chi connectivity index (χ4v) is 5.22. The molecule has 0 bridgehead atoms. The van der Waals surface area contributed by atoms with Crippen molar-refractivity contribution in [1.82, 2.24) is 4.31 Å². The summed E-state index contributed by atoms with van der Waals surface area (Å²) < 4.78 is 84.6. The molecule has 0 saturated carbocycles. The van der Waals surface area contributed by atoms with Crippen LogP contribution in [-0.4, -0.2) is 32.5 Å². The molecule has 0 saturated heterocycles. The van der Waals surface area contributed by atoms with Crippen LogP contribution in [0.1, 0.15) is 16.9 Å². The summed E-state index contributed by atoms with van der Waals surface area (Å²) in [6, 6.07) is 6.01. The standard InChI is InChI=1S/C12H13F3NO5PS/c1-20-22(17,21-2)11-10-6-4-3-5-9(10)7-8-16(11)23(18,19)12(13,14)15/h3-8,11H,1-2H3. The topological polar surface area (TPSA) is 72.9 Å². The molecule has 6 nitrogen and oxygen atoms in total. The smallest absolute Gasteiger partial charge is 0.310 e. The summed E-state index contributed by atoms with van der Waals surface area (Å²) >= 11 is 0. The Labute approximate surface area is 131 Å². The average Bonchev–Trinajstić information content (AvgIpc) is 2.51. The summed E-state index contributed by atoms with van der Waals surface area (Å²) in [6.45, 7) is 0. The Morgan fingerprint density at radius 2 is 1.74 bits per heavy atom. The molecule has 1 unspecified atom stereocenters. The van der Waals surface area contributed by atoms with E-state index >= 15 is 0 Å². The van der Waals surface area contributed by atoms with Gasteiger partial charge in [-0.2, -0.15) is 21.6 Å². The van der Waals surface area contributed by atoms with Gasteiger partial charge in [-0.25, -0.2) is 4.31 Å². The van der Waals surface area contributed by atoms with Crippen molar-refractivity contribution in [2.24, 2.45) is 0 Å². The van der Waals surface area contributed by atoms with Crippen LogP contribution in [0.5, 0.6) is 0 Å². The Morgan fingerprint density at radius 1 is 1.17 bits per heavy atom. The highest BCUT2D eigenvalue weighted by Crippen LogP contribution is 2.64. The van der Waals surface area contributed by atoms with E-state index in [1.807, 2.05) is 0 Å². The largest absolute Gasteiger partial charge is 0.516 e. The average molecular weight is 371 g/mol. The lowest BCUT2D eigenvalue weighted by Gasteiger charge is -2.36. The van der Waals surface area contributed by atoms with E-state index in [9.17, 15) is 26.2 Å². The van der Waals surface area contributed by atoms with E-state index in [0.29, 0.717) is 11.8 Å². The number of benzene rings is 1. The van der Waals surface area contributed by atoms with Crippen LogP contribution in [0.4, 0.5) is 13.2 Å². The summed E-state index contributed by atoms with van der Waals surface area (Å²) in [5.74, 6) is -1.77. The van der Waals surface area contributed by atoms with Gasteiger partial charge in [-0.1, -0.05) is 24.3 Å². The third-order valence-electron chi connectivity index (χ3n) is 3.29. The maximum Gasteiger partial charge on any atom is 0.516 e. The van der Waals surface area contributed by atoms with Crippen LogP contribution in [-0.2, 0) is 23.6 Å². The molecule has 0 aliphatic carbocycles. The first-order valence-electron chi connectivity index (χ1n) is 6.16. The molecule has 1 aliphatic heterocycles. The van der Waals surface area contributed by atoms with Crippen molar-refractivity contribution in [3.8, 4) is 0 Å². The molecule has 2 rings (SSSR count). The van der Waals surface area contributed by atoms with E-state index in [4.69, 9.17) is 9.05 Å². The summed E-state index contributed by atoms with van der Waals surface area (Å²) in [5, 5.41) is 0. The number of hydrogen-bond acceptors (Lipinski definition) is 5. The molecule has 0 aromatic heterocycles. The fourth-order valence-electron chi connectivity index (χ4n) is 2.19. The van der Waals surface area contributed by atoms with Crippen LogP contribution < -0.4 is 0 Å². The second-order valence-electron chi connectivity index (χ2n) is 4.50. The van der Waals surface area contributed by atoms with Gasteiger partial charge in [0.1, 0.15) is 0 Å². The number of fused-ring (bicyclic) bond motifs is 1. The molecule has 1 aromatic rings. The van der Waals surface area contributed by atoms with E-state index in [-0.39, 0.29) is 9.87 Å². The van der Waals surface area contributed by atoms with Gasteiger partial charge in [-0.3, -0.25) is 4.57 Å². The van der Waals surface area contributed by atoms with Crippen molar-refractivity contribution in [3.05, 3.63) is 41.6 Å². The normalized spacial score (nSPS) is 18.8. The van der Waals surface area contributed by atoms with Gasteiger partial charge < -0.3 is 9.05 Å². The third-order valence-corrected chi connectivity index (χ3v) is 7.07. The number of hydrogen-bond donors (Lipinski definition) is 0. The number of alkyl halides is 3. The van der Waals surface area contributed by atoms with Crippen LogP contribution in [0.15, 0.2) is 30.5 Å². The Hall–Kier alpha value is -1.35. The first-order chi connectivity index (χ1) is 10.6. The van der Waals surface area contributed by atoms with Crippen molar-refractivity contribution < 1.29 is 35.2 Å². The van der Waals surface area contributed by atoms with Crippen molar-refractivity contribution >= 4 is 23.7 Å². The van der Waals surface area contributed by atoms with E-state index in [0.717, 1.165) is 14.2 Å². The van der Waals surface area contributed by atoms with Crippen molar-refractivity contribution in [1.29, 1.82) is 0 Å². The molecular weight excluding hydrogens is 358 g/mol. The molecule has 0 radical (unpaired) electrons. The zero-order chi connectivity index (χ0) is 17.5. The first kappa shape index (κ1) is 18.0. The van der Waals surface area contributed by atoms with Crippen LogP contribution in [0.3, 0.4) is 0 Å². The van der Waals surface area contributed by atoms with Gasteiger partial charge in [0, 0.05) is 20.4 Å². The summed E-state index contributed by atoms with van der Waals surface area (Å²) in [4.78, 5) is 0. The molecule has 23 heavy (non-hydrogen) atoms. The van der Waals surface area contributed by atoms with Gasteiger partial charge in [0.15, 0.2) is 5.78 Å². The van der Waals surface area contributed by atoms with E-state index in [1.165, 1.54) is 18.2 Å². The van der Waals surface area contributed by atoms with Gasteiger partial charge in [-0.15, -0.1) is 0 Å². The monoisotopic (exact) mass is 371 g/mol. The van der Waals surface area contributed by atoms with E-state index in [1.54, 1.807) is 12.1 Å². The molecular formula is C12H13F3NO5PS. The zero-order valence-electron chi connectivity index (χ0n) is 12.0. The maximum atomic E-state index is 12.9. The fraction of sp³-hybridized carbons (Fsp3) is 0.333. The van der Waals surface area contributed by atoms with Gasteiger partial charge in [0.05, 0.1) is 0 Å². The Morgan fingerprint density at radius 3 is 2.26 bits per heavy atom. The van der Waals surface area contributed by atoms with Gasteiger partial charge >= 0.3 is 23.1 Å². The SMILES string of the molecule is COP(=O)(OC)C1c2ccccc2C=CN1S(=O)(=O)C(F)(F)F. The van der Waals surface area contributed by atoms with Gasteiger partial charge in [-0.05, 0) is 17.2 Å². The molecule has 0 spiro atoms. The molecule has 1 aromatic carbocycles. The van der Waals surface area contributed by atoms with E-state index < -0.39 is 28.9 Å². The van der Waals surface area contributed by atoms with Crippen molar-refractivity contribution in [2.45, 2.75) is 11.3 Å². The minimum Gasteiger partial charge on any atom is -0.310 e. The number of nitrogens with zero attached hydrogens (tertiary/aromatic N) is 1. The maximum absolute atomic E-state index is 12.9. The number of sulfonamides is 1. The Bertz CT molecular complexity index is 769. The predicted octanol–water partition coefficient (Wildman–Crippen LogP) is 3.31. The second-order valence-corrected chi connectivity index (χ2v) is 8.64. The minimum atomic E-state index is -5.78. The summed E-state index contributed by atoms with van der Waals surface area (Å²) in [7, 11) is -8.04. The third kappa shape index (κ3) is 2.91. The molecule has 0 amide bonds. The zero-order valence-corrected chi connectivity index (χ0v) is 13.7. The molecule has 0 N–H and O–H groups in total. The van der Waals surface area contributed by atoms with Crippen molar-refractivity contribution in [3.63, 3.8) is 0 Å². The van der Waals surface area contributed by atoms with Crippen LogP contribution in [0.25, 0.3) is 6.08 Å². The molecule has 11 heteroatoms. The number of rotatable bonds is 4. The first-order valence-corrected chi connectivity index (χ1v) is 9.22. The van der Waals surface area contributed by atoms with E-state index in [2.05, 4.69) is 0 Å². The highest BCUT2D eigenvalue weighted by molar-refractivity contribution is 7.90. The Balaban J connectivity index is 2.72. The molecule has 1 atom stereocenters. The minimum absolute atomic E-state index is 0.0247. The highest BCUT2D eigenvalue weighted by atomic mass is 32.2. The van der Waals surface area contributed by atoms with Crippen LogP contribution in [0, 0.1) is 0 Å². The molecule has 128 valence electrons. The second kappa shape index (κ2) is 5.94. The summed E-state index contributed by atoms with van der Waals surface area (Å²) in [6.07, 6.45) is 1.89. The lowest BCUT2D eigenvalue weighted by atomic mass is 10.1. The summed E-state index contributed by atoms with van der Waals surface area (Å²) in [5.41, 5.74) is -5.05. The highest BCUT2D eigenvalue weighted by Gasteiger charge is 2.56. The van der Waals surface area contributed by atoms with Crippen molar-refractivity contribution in [2.75, 3.05) is 14.2 Å². The molecule has 0 fully saturated rings. The Kier molecular flexibility index (Phi) is 4.64. The quantitative estimate of drug-likeness (QED) is 0.760. The molecule has 1 heterocycles. The number of halogens is 3.